The molecule has 12 nitrogen and oxygen atoms in total. The van der Waals surface area contributed by atoms with Crippen LogP contribution in [0.1, 0.15) is 60.2 Å². The third-order valence-corrected chi connectivity index (χ3v) is 11.0. The molecule has 312 valence electrons. The zero-order chi connectivity index (χ0) is 42.6. The fraction of sp³-hybridized carbons (Fsp3) is 0.385. The van der Waals surface area contributed by atoms with Gasteiger partial charge in [0.2, 0.25) is 15.9 Å². The lowest BCUT2D eigenvalue weighted by molar-refractivity contribution is -0.123. The van der Waals surface area contributed by atoms with E-state index >= 15 is 8.78 Å². The number of carbonyl (C=O) groups excluding carboxylic acids is 1. The quantitative estimate of drug-likeness (QED) is 0.112. The summed E-state index contributed by atoms with van der Waals surface area (Å²) in [5, 5.41) is 14.4. The topological polar surface area (TPSA) is 145 Å². The Morgan fingerprint density at radius 2 is 1.81 bits per heavy atom. The number of hydrogen-bond acceptors (Lipinski definition) is 8. The number of fused-ring (bicyclic) bond motifs is 2. The summed E-state index contributed by atoms with van der Waals surface area (Å²) in [6.07, 6.45) is -2.94. The van der Waals surface area contributed by atoms with Gasteiger partial charge in [-0.05, 0) is 61.6 Å². The molecule has 0 spiro atoms. The molecule has 2 aromatic carbocycles. The number of sulfonamides is 1. The number of hydrogen-bond donors (Lipinski definition) is 3. The maximum Gasteiger partial charge on any atom is 0.292 e. The Labute approximate surface area is 339 Å². The van der Waals surface area contributed by atoms with Crippen molar-refractivity contribution in [2.45, 2.75) is 57.2 Å². The number of aryl methyl sites for hydroxylation is 1. The van der Waals surface area contributed by atoms with Gasteiger partial charge < -0.3 is 15.4 Å². The first kappa shape index (κ1) is 42.0. The number of benzene rings is 2. The molecule has 20 heteroatoms. The molecule has 3 N–H and O–H groups in total. The summed E-state index contributed by atoms with van der Waals surface area (Å²) in [6, 6.07) is 7.76. The molecule has 2 aliphatic rings. The lowest BCUT2D eigenvalue weighted by Crippen LogP contribution is -2.46. The minimum Gasteiger partial charge on any atom is -0.360 e. The highest BCUT2D eigenvalue weighted by atomic mass is 35.5. The molecular formula is C39H37ClF6N8O4S. The minimum absolute atomic E-state index is 0.0629. The molecule has 0 radical (unpaired) electrons. The van der Waals surface area contributed by atoms with E-state index in [0.29, 0.717) is 47.1 Å². The third kappa shape index (κ3) is 8.62. The van der Waals surface area contributed by atoms with Crippen LogP contribution in [0.4, 0.5) is 32.2 Å². The van der Waals surface area contributed by atoms with Crippen molar-refractivity contribution in [3.05, 3.63) is 93.0 Å². The summed E-state index contributed by atoms with van der Waals surface area (Å²) < 4.78 is 123. The molecule has 3 aromatic heterocycles. The molecule has 1 aliphatic heterocycles. The van der Waals surface area contributed by atoms with Crippen LogP contribution in [0, 0.1) is 29.4 Å². The molecule has 1 amide bonds. The number of alkyl halides is 4. The molecule has 4 heterocycles. The maximum absolute atomic E-state index is 15.4. The number of morpholine rings is 1. The van der Waals surface area contributed by atoms with Crippen LogP contribution >= 0.6 is 11.6 Å². The number of nitrogens with zero attached hydrogens (tertiary/aromatic N) is 5. The molecule has 7 rings (SSSR count). The van der Waals surface area contributed by atoms with Gasteiger partial charge in [0.05, 0.1) is 40.5 Å². The van der Waals surface area contributed by atoms with Gasteiger partial charge in [-0.3, -0.25) is 18.9 Å². The monoisotopic (exact) mass is 862 g/mol. The van der Waals surface area contributed by atoms with Crippen molar-refractivity contribution in [3.8, 4) is 23.0 Å². The van der Waals surface area contributed by atoms with Crippen LogP contribution in [-0.4, -0.2) is 70.4 Å². The predicted molar refractivity (Wildman–Crippen MR) is 206 cm³/mol. The zero-order valence-electron chi connectivity index (χ0n) is 31.9. The number of ether oxygens (including phenoxy) is 1. The lowest BCUT2D eigenvalue weighted by atomic mass is 9.93. The van der Waals surface area contributed by atoms with Gasteiger partial charge in [0.15, 0.2) is 5.82 Å². The van der Waals surface area contributed by atoms with Crippen molar-refractivity contribution in [1.29, 1.82) is 0 Å². The number of pyridine rings is 1. The van der Waals surface area contributed by atoms with Crippen LogP contribution in [0.2, 0.25) is 5.02 Å². The Hall–Kier alpha value is -5.16. The summed E-state index contributed by atoms with van der Waals surface area (Å²) >= 11 is 6.62. The van der Waals surface area contributed by atoms with E-state index in [4.69, 9.17) is 21.3 Å². The van der Waals surface area contributed by atoms with E-state index in [0.717, 1.165) is 18.4 Å². The molecule has 1 saturated heterocycles. The number of aromatic nitrogens is 5. The molecular weight excluding hydrogens is 826 g/mol. The van der Waals surface area contributed by atoms with Crippen LogP contribution < -0.4 is 15.4 Å². The van der Waals surface area contributed by atoms with Gasteiger partial charge in [-0.15, -0.1) is 0 Å². The smallest absolute Gasteiger partial charge is 0.292 e. The van der Waals surface area contributed by atoms with Gasteiger partial charge in [-0.2, -0.15) is 19.0 Å². The van der Waals surface area contributed by atoms with Crippen LogP contribution in [0.3, 0.4) is 0 Å². The molecule has 1 aliphatic carbocycles. The number of anilines is 1. The number of amides is 1. The summed E-state index contributed by atoms with van der Waals surface area (Å²) in [7, 11) is -2.28. The summed E-state index contributed by atoms with van der Waals surface area (Å²) in [5.74, 6) is -1.71. The van der Waals surface area contributed by atoms with Gasteiger partial charge in [0.1, 0.15) is 40.9 Å². The molecule has 1 fully saturated rings. The van der Waals surface area contributed by atoms with Crippen LogP contribution in [0.15, 0.2) is 42.5 Å². The van der Waals surface area contributed by atoms with E-state index in [-0.39, 0.29) is 51.6 Å². The van der Waals surface area contributed by atoms with E-state index in [2.05, 4.69) is 37.4 Å². The van der Waals surface area contributed by atoms with Crippen LogP contribution in [-0.2, 0) is 51.9 Å². The second kappa shape index (κ2) is 15.8. The van der Waals surface area contributed by atoms with E-state index in [9.17, 15) is 30.8 Å². The lowest BCUT2D eigenvalue weighted by Gasteiger charge is -2.29. The van der Waals surface area contributed by atoms with Crippen molar-refractivity contribution >= 4 is 44.3 Å². The van der Waals surface area contributed by atoms with Crippen molar-refractivity contribution in [1.82, 2.24) is 35.2 Å². The summed E-state index contributed by atoms with van der Waals surface area (Å²) in [4.78, 5) is 18.9. The summed E-state index contributed by atoms with van der Waals surface area (Å²) in [5.41, 5.74) is -1.55. The molecule has 0 bridgehead atoms. The van der Waals surface area contributed by atoms with Crippen molar-refractivity contribution in [2.75, 3.05) is 30.7 Å². The summed E-state index contributed by atoms with van der Waals surface area (Å²) in [6.45, 7) is 3.51. The zero-order valence-corrected chi connectivity index (χ0v) is 33.5. The molecule has 1 unspecified atom stereocenters. The highest BCUT2D eigenvalue weighted by molar-refractivity contribution is 7.92. The Morgan fingerprint density at radius 3 is 2.47 bits per heavy atom. The Bertz CT molecular complexity index is 2630. The number of rotatable bonds is 10. The third-order valence-electron chi connectivity index (χ3n) is 10.1. The Kier molecular flexibility index (Phi) is 11.2. The van der Waals surface area contributed by atoms with Gasteiger partial charge in [-0.25, -0.2) is 31.0 Å². The number of carbonyl (C=O) groups is 1. The first-order valence-electron chi connectivity index (χ1n) is 18.3. The molecule has 0 saturated carbocycles. The Balaban J connectivity index is 1.39. The largest absolute Gasteiger partial charge is 0.360 e. The maximum atomic E-state index is 15.4. The average molecular weight is 863 g/mol. The van der Waals surface area contributed by atoms with E-state index in [1.807, 2.05) is 0 Å². The van der Waals surface area contributed by atoms with Crippen molar-refractivity contribution < 1.29 is 44.3 Å². The molecule has 59 heavy (non-hydrogen) atoms. The van der Waals surface area contributed by atoms with E-state index < -0.39 is 75.4 Å². The SMILES string of the molecule is C[C@@H]1Cc2c(C(F)F)nn(CC(=O)N[C@@H](Cc3cc(F)cc(F)c3)c3nc(C#CC4(C)CNCCO4)ccc3-c3ccc(Cl)c4c(NS(C)(=O)=O)nn(C)c34)c2C1(F)F. The van der Waals surface area contributed by atoms with Crippen LogP contribution in [0.5, 0.6) is 0 Å². The number of halogens is 7. The second-order valence-electron chi connectivity index (χ2n) is 14.8. The first-order valence-corrected chi connectivity index (χ1v) is 20.5. The molecule has 3 atom stereocenters. The van der Waals surface area contributed by atoms with E-state index in [1.54, 1.807) is 32.2 Å². The van der Waals surface area contributed by atoms with Gasteiger partial charge >= 0.3 is 0 Å². The van der Waals surface area contributed by atoms with E-state index in [1.165, 1.54) is 17.7 Å². The predicted octanol–water partition coefficient (Wildman–Crippen LogP) is 6.19. The van der Waals surface area contributed by atoms with Gasteiger partial charge in [0, 0.05) is 48.8 Å². The first-order chi connectivity index (χ1) is 27.7. The van der Waals surface area contributed by atoms with Gasteiger partial charge in [0.25, 0.3) is 12.3 Å². The standard InChI is InChI=1S/C39H37ClF6N8O4S/c1-20-13-27-33(36(43)44)50-54(35(27)39(20,45)46)18-30(55)49-29(16-21-14-22(41)17-23(42)15-21)32-25(6-5-24(48-32)9-10-38(2)19-47-11-12-58-38)26-7-8-28(40)31-34(26)53(3)51-37(31)52-59(4,56)57/h5-8,14-15,17,20,29,36,47H,11-13,16,18-19H2,1-4H3,(H,49,55)(H,51,52)/t20-,29+,38?/m1/s1. The highest BCUT2D eigenvalue weighted by Crippen LogP contribution is 2.48. The van der Waals surface area contributed by atoms with Crippen LogP contribution in [0.25, 0.3) is 22.0 Å². The number of nitrogens with one attached hydrogen (secondary N) is 3. The van der Waals surface area contributed by atoms with Crippen molar-refractivity contribution in [2.24, 2.45) is 13.0 Å². The van der Waals surface area contributed by atoms with Crippen molar-refractivity contribution in [3.63, 3.8) is 0 Å². The fourth-order valence-corrected chi connectivity index (χ4v) is 8.23. The second-order valence-corrected chi connectivity index (χ2v) is 17.0. The highest BCUT2D eigenvalue weighted by Gasteiger charge is 2.51. The van der Waals surface area contributed by atoms with Gasteiger partial charge in [-0.1, -0.05) is 30.5 Å². The Morgan fingerprint density at radius 1 is 1.10 bits per heavy atom. The average Bonchev–Trinajstić information content (AvgIpc) is 3.74. The molecule has 5 aromatic rings. The fourth-order valence-electron chi connectivity index (χ4n) is 7.49. The normalized spacial score (nSPS) is 19.4. The minimum atomic E-state index is -3.83.